The minimum atomic E-state index is -4.23. The van der Waals surface area contributed by atoms with Gasteiger partial charge in [0.2, 0.25) is 0 Å². The fourth-order valence-corrected chi connectivity index (χ4v) is 1.18. The van der Waals surface area contributed by atoms with Gasteiger partial charge in [-0.3, -0.25) is 0 Å². The van der Waals surface area contributed by atoms with Gasteiger partial charge in [0.15, 0.2) is 5.82 Å². The third kappa shape index (κ3) is 2.69. The maximum Gasteiger partial charge on any atom is 0.391 e. The SMILES string of the molecule is CC(CC(F)(F)F)n1cnnc1CO. The van der Waals surface area contributed by atoms with Gasteiger partial charge in [0.1, 0.15) is 12.9 Å². The monoisotopic (exact) mass is 209 g/mol. The van der Waals surface area contributed by atoms with Crippen LogP contribution < -0.4 is 0 Å². The quantitative estimate of drug-likeness (QED) is 0.815. The number of rotatable bonds is 3. The molecule has 0 bridgehead atoms. The van der Waals surface area contributed by atoms with Crippen LogP contribution in [0.4, 0.5) is 13.2 Å². The summed E-state index contributed by atoms with van der Waals surface area (Å²) in [6.45, 7) is 0.984. The van der Waals surface area contributed by atoms with Crippen molar-refractivity contribution in [2.24, 2.45) is 0 Å². The van der Waals surface area contributed by atoms with Gasteiger partial charge in [0, 0.05) is 6.04 Å². The lowest BCUT2D eigenvalue weighted by Crippen LogP contribution is -2.17. The summed E-state index contributed by atoms with van der Waals surface area (Å²) in [6, 6.07) is -0.799. The minimum absolute atomic E-state index is 0.141. The van der Waals surface area contributed by atoms with E-state index in [1.54, 1.807) is 0 Å². The molecule has 0 spiro atoms. The standard InChI is InChI=1S/C7H10F3N3O/c1-5(2-7(8,9)10)13-4-11-12-6(13)3-14/h4-5,14H,2-3H2,1H3. The first-order valence-electron chi connectivity index (χ1n) is 4.00. The second kappa shape index (κ2) is 3.95. The third-order valence-corrected chi connectivity index (χ3v) is 1.79. The van der Waals surface area contributed by atoms with Crippen molar-refractivity contribution in [1.29, 1.82) is 0 Å². The van der Waals surface area contributed by atoms with E-state index >= 15 is 0 Å². The van der Waals surface area contributed by atoms with Gasteiger partial charge >= 0.3 is 6.18 Å². The summed E-state index contributed by atoms with van der Waals surface area (Å²) in [7, 11) is 0. The van der Waals surface area contributed by atoms with Crippen molar-refractivity contribution in [1.82, 2.24) is 14.8 Å². The Morgan fingerprint density at radius 3 is 2.71 bits per heavy atom. The Hall–Kier alpha value is -1.11. The summed E-state index contributed by atoms with van der Waals surface area (Å²) in [5, 5.41) is 15.7. The molecule has 1 rings (SSSR count). The first-order chi connectivity index (χ1) is 6.44. The summed E-state index contributed by atoms with van der Waals surface area (Å²) >= 11 is 0. The van der Waals surface area contributed by atoms with Crippen LogP contribution in [0.3, 0.4) is 0 Å². The minimum Gasteiger partial charge on any atom is -0.388 e. The molecule has 0 aromatic carbocycles. The van der Waals surface area contributed by atoms with Gasteiger partial charge < -0.3 is 9.67 Å². The highest BCUT2D eigenvalue weighted by atomic mass is 19.4. The van der Waals surface area contributed by atoms with E-state index in [2.05, 4.69) is 10.2 Å². The molecule has 80 valence electrons. The van der Waals surface area contributed by atoms with Gasteiger partial charge in [-0.15, -0.1) is 10.2 Å². The van der Waals surface area contributed by atoms with Crippen LogP contribution in [0.25, 0.3) is 0 Å². The fraction of sp³-hybridized carbons (Fsp3) is 0.714. The molecule has 1 atom stereocenters. The van der Waals surface area contributed by atoms with Crippen LogP contribution in [0.1, 0.15) is 25.2 Å². The third-order valence-electron chi connectivity index (χ3n) is 1.79. The number of hydrogen-bond acceptors (Lipinski definition) is 3. The summed E-state index contributed by atoms with van der Waals surface area (Å²) in [4.78, 5) is 0. The lowest BCUT2D eigenvalue weighted by atomic mass is 10.2. The number of hydrogen-bond donors (Lipinski definition) is 1. The Balaban J connectivity index is 2.74. The van der Waals surface area contributed by atoms with Crippen molar-refractivity contribution in [3.05, 3.63) is 12.2 Å². The van der Waals surface area contributed by atoms with E-state index < -0.39 is 25.2 Å². The van der Waals surface area contributed by atoms with E-state index in [-0.39, 0.29) is 5.82 Å². The summed E-state index contributed by atoms with van der Waals surface area (Å²) in [5.74, 6) is 0.141. The molecule has 1 aromatic rings. The van der Waals surface area contributed by atoms with Crippen molar-refractivity contribution in [2.45, 2.75) is 32.2 Å². The van der Waals surface area contributed by atoms with Crippen molar-refractivity contribution >= 4 is 0 Å². The highest BCUT2D eigenvalue weighted by Gasteiger charge is 2.31. The molecule has 14 heavy (non-hydrogen) atoms. The molecule has 0 radical (unpaired) electrons. The van der Waals surface area contributed by atoms with Crippen LogP contribution in [0.15, 0.2) is 6.33 Å². The molecule has 4 nitrogen and oxygen atoms in total. The zero-order chi connectivity index (χ0) is 10.8. The van der Waals surface area contributed by atoms with Gasteiger partial charge in [0.25, 0.3) is 0 Å². The number of halogens is 3. The Bertz CT molecular complexity index is 297. The van der Waals surface area contributed by atoms with E-state index in [4.69, 9.17) is 5.11 Å². The molecule has 0 amide bonds. The van der Waals surface area contributed by atoms with Crippen molar-refractivity contribution in [2.75, 3.05) is 0 Å². The summed E-state index contributed by atoms with van der Waals surface area (Å²) < 4.78 is 37.3. The van der Waals surface area contributed by atoms with Gasteiger partial charge in [-0.05, 0) is 6.92 Å². The molecule has 0 saturated carbocycles. The topological polar surface area (TPSA) is 50.9 Å². The lowest BCUT2D eigenvalue weighted by molar-refractivity contribution is -0.141. The largest absolute Gasteiger partial charge is 0.391 e. The highest BCUT2D eigenvalue weighted by molar-refractivity contribution is 4.86. The Kier molecular flexibility index (Phi) is 3.10. The second-order valence-electron chi connectivity index (χ2n) is 2.98. The molecule has 1 N–H and O–H groups in total. The summed E-state index contributed by atoms with van der Waals surface area (Å²) in [5.41, 5.74) is 0. The highest BCUT2D eigenvalue weighted by Crippen LogP contribution is 2.27. The Morgan fingerprint density at radius 1 is 1.57 bits per heavy atom. The zero-order valence-corrected chi connectivity index (χ0v) is 7.49. The average molecular weight is 209 g/mol. The molecule has 7 heteroatoms. The molecule has 0 aliphatic carbocycles. The molecular formula is C7H10F3N3O. The number of aliphatic hydroxyl groups excluding tert-OH is 1. The smallest absolute Gasteiger partial charge is 0.388 e. The molecule has 1 aromatic heterocycles. The van der Waals surface area contributed by atoms with Crippen LogP contribution in [0.5, 0.6) is 0 Å². The van der Waals surface area contributed by atoms with Crippen LogP contribution in [0.2, 0.25) is 0 Å². The van der Waals surface area contributed by atoms with E-state index in [0.29, 0.717) is 0 Å². The van der Waals surface area contributed by atoms with Gasteiger partial charge in [-0.1, -0.05) is 0 Å². The van der Waals surface area contributed by atoms with Gasteiger partial charge in [-0.2, -0.15) is 13.2 Å². The maximum absolute atomic E-state index is 12.0. The van der Waals surface area contributed by atoms with E-state index in [1.165, 1.54) is 17.8 Å². The summed E-state index contributed by atoms with van der Waals surface area (Å²) in [6.07, 6.45) is -4.00. The Morgan fingerprint density at radius 2 is 2.21 bits per heavy atom. The van der Waals surface area contributed by atoms with Crippen LogP contribution in [0, 0.1) is 0 Å². The van der Waals surface area contributed by atoms with E-state index in [9.17, 15) is 13.2 Å². The van der Waals surface area contributed by atoms with Crippen LogP contribution in [-0.4, -0.2) is 26.0 Å². The number of aromatic nitrogens is 3. The van der Waals surface area contributed by atoms with Crippen molar-refractivity contribution in [3.63, 3.8) is 0 Å². The van der Waals surface area contributed by atoms with Gasteiger partial charge in [-0.25, -0.2) is 0 Å². The molecule has 0 fully saturated rings. The van der Waals surface area contributed by atoms with Gasteiger partial charge in [0.05, 0.1) is 6.42 Å². The van der Waals surface area contributed by atoms with E-state index in [1.807, 2.05) is 0 Å². The number of aliphatic hydroxyl groups is 1. The number of alkyl halides is 3. The average Bonchev–Trinajstić information content (AvgIpc) is 2.47. The Labute approximate surface area is 78.4 Å². The first kappa shape index (κ1) is 11.0. The maximum atomic E-state index is 12.0. The molecule has 0 aliphatic heterocycles. The molecular weight excluding hydrogens is 199 g/mol. The molecule has 0 aliphatic rings. The fourth-order valence-electron chi connectivity index (χ4n) is 1.18. The van der Waals surface area contributed by atoms with Crippen LogP contribution in [-0.2, 0) is 6.61 Å². The number of nitrogens with zero attached hydrogens (tertiary/aromatic N) is 3. The molecule has 1 heterocycles. The lowest BCUT2D eigenvalue weighted by Gasteiger charge is -2.16. The van der Waals surface area contributed by atoms with Crippen molar-refractivity contribution in [3.8, 4) is 0 Å². The predicted molar refractivity (Wildman–Crippen MR) is 41.3 cm³/mol. The second-order valence-corrected chi connectivity index (χ2v) is 2.98. The predicted octanol–water partition coefficient (Wildman–Crippen LogP) is 1.28. The van der Waals surface area contributed by atoms with Crippen molar-refractivity contribution < 1.29 is 18.3 Å². The zero-order valence-electron chi connectivity index (χ0n) is 7.49. The first-order valence-corrected chi connectivity index (χ1v) is 4.00. The molecule has 1 unspecified atom stereocenters. The van der Waals surface area contributed by atoms with Crippen LogP contribution >= 0.6 is 0 Å². The van der Waals surface area contributed by atoms with E-state index in [0.717, 1.165) is 0 Å². The normalized spacial score (nSPS) is 14.4. The molecule has 0 saturated heterocycles.